The molecular formula is C14H24N4O2. The monoisotopic (exact) mass is 280 g/mol. The van der Waals surface area contributed by atoms with Crippen molar-refractivity contribution in [1.29, 1.82) is 0 Å². The number of methoxy groups -OCH3 is 1. The average Bonchev–Trinajstić information content (AvgIpc) is 2.45. The molecule has 1 aromatic heterocycles. The minimum Gasteiger partial charge on any atom is -0.490 e. The number of pyridine rings is 1. The fraction of sp³-hybridized carbons (Fsp3) is 0.571. The van der Waals surface area contributed by atoms with E-state index in [4.69, 9.17) is 9.47 Å². The van der Waals surface area contributed by atoms with Gasteiger partial charge in [-0.05, 0) is 26.0 Å². The Balaban J connectivity index is 2.34. The molecule has 0 aromatic carbocycles. The number of hydrogen-bond acceptors (Lipinski definition) is 4. The zero-order valence-corrected chi connectivity index (χ0v) is 12.4. The molecule has 0 bridgehead atoms. The van der Waals surface area contributed by atoms with Gasteiger partial charge in [0.15, 0.2) is 5.96 Å². The van der Waals surface area contributed by atoms with Gasteiger partial charge in [0.1, 0.15) is 12.4 Å². The van der Waals surface area contributed by atoms with Crippen LogP contribution in [0, 0.1) is 0 Å². The number of aliphatic imine (C=N–C) groups is 1. The summed E-state index contributed by atoms with van der Waals surface area (Å²) in [5.74, 6) is 1.53. The van der Waals surface area contributed by atoms with Crippen LogP contribution in [-0.2, 0) is 4.74 Å². The summed E-state index contributed by atoms with van der Waals surface area (Å²) in [6.07, 6.45) is 3.41. The molecule has 0 radical (unpaired) electrons. The summed E-state index contributed by atoms with van der Waals surface area (Å²) < 4.78 is 10.6. The highest BCUT2D eigenvalue weighted by Crippen LogP contribution is 2.05. The lowest BCUT2D eigenvalue weighted by molar-refractivity contribution is 0.179. The van der Waals surface area contributed by atoms with Crippen molar-refractivity contribution < 1.29 is 9.47 Å². The molecule has 0 saturated carbocycles. The number of nitrogens with zero attached hydrogens (tertiary/aromatic N) is 2. The van der Waals surface area contributed by atoms with E-state index >= 15 is 0 Å². The molecule has 0 aliphatic carbocycles. The maximum atomic E-state index is 5.54. The summed E-state index contributed by atoms with van der Waals surface area (Å²) in [7, 11) is 1.68. The second kappa shape index (κ2) is 10.0. The predicted octanol–water partition coefficient (Wildman–Crippen LogP) is 1.05. The molecule has 0 aliphatic heterocycles. The average molecular weight is 280 g/mol. The van der Waals surface area contributed by atoms with Crippen LogP contribution in [0.25, 0.3) is 0 Å². The summed E-state index contributed by atoms with van der Waals surface area (Å²) in [6.45, 7) is 6.61. The van der Waals surface area contributed by atoms with Gasteiger partial charge >= 0.3 is 0 Å². The molecule has 112 valence electrons. The first-order valence-electron chi connectivity index (χ1n) is 6.82. The highest BCUT2D eigenvalue weighted by atomic mass is 16.5. The van der Waals surface area contributed by atoms with E-state index in [9.17, 15) is 0 Å². The molecule has 0 fully saturated rings. The molecule has 20 heavy (non-hydrogen) atoms. The standard InChI is InChI=1S/C14H24N4O2/c1-4-16-14(18-12(2)11-19-3)17-8-9-20-13-6-5-7-15-10-13/h5-7,10,12H,4,8-9,11H2,1-3H3,(H2,16,17,18). The lowest BCUT2D eigenvalue weighted by Crippen LogP contribution is -2.44. The smallest absolute Gasteiger partial charge is 0.191 e. The molecule has 1 aromatic rings. The second-order valence-corrected chi connectivity index (χ2v) is 4.30. The predicted molar refractivity (Wildman–Crippen MR) is 80.2 cm³/mol. The van der Waals surface area contributed by atoms with E-state index in [0.717, 1.165) is 18.3 Å². The summed E-state index contributed by atoms with van der Waals surface area (Å²) in [5, 5.41) is 6.45. The lowest BCUT2D eigenvalue weighted by atomic mass is 10.4. The van der Waals surface area contributed by atoms with Crippen LogP contribution in [0.1, 0.15) is 13.8 Å². The topological polar surface area (TPSA) is 67.8 Å². The molecular weight excluding hydrogens is 256 g/mol. The molecule has 6 nitrogen and oxygen atoms in total. The van der Waals surface area contributed by atoms with E-state index in [-0.39, 0.29) is 6.04 Å². The van der Waals surface area contributed by atoms with Crippen molar-refractivity contribution in [2.75, 3.05) is 33.4 Å². The van der Waals surface area contributed by atoms with Crippen LogP contribution in [0.15, 0.2) is 29.5 Å². The Kier molecular flexibility index (Phi) is 8.14. The van der Waals surface area contributed by atoms with Crippen molar-refractivity contribution in [3.05, 3.63) is 24.5 Å². The summed E-state index contributed by atoms with van der Waals surface area (Å²) in [4.78, 5) is 8.43. The molecule has 0 amide bonds. The Labute approximate surface area is 120 Å². The third-order valence-electron chi connectivity index (χ3n) is 2.41. The SMILES string of the molecule is CCNC(=NCCOc1cccnc1)NC(C)COC. The van der Waals surface area contributed by atoms with Crippen molar-refractivity contribution in [2.24, 2.45) is 4.99 Å². The van der Waals surface area contributed by atoms with Gasteiger partial charge in [0.2, 0.25) is 0 Å². The van der Waals surface area contributed by atoms with Crippen LogP contribution in [0.3, 0.4) is 0 Å². The van der Waals surface area contributed by atoms with E-state index in [1.807, 2.05) is 26.0 Å². The minimum absolute atomic E-state index is 0.206. The van der Waals surface area contributed by atoms with Gasteiger partial charge in [-0.15, -0.1) is 0 Å². The molecule has 0 aliphatic rings. The number of nitrogens with one attached hydrogen (secondary N) is 2. The third kappa shape index (κ3) is 6.94. The van der Waals surface area contributed by atoms with Crippen molar-refractivity contribution in [3.8, 4) is 5.75 Å². The van der Waals surface area contributed by atoms with Gasteiger partial charge in [-0.25, -0.2) is 4.99 Å². The van der Waals surface area contributed by atoms with Gasteiger partial charge in [0.25, 0.3) is 0 Å². The van der Waals surface area contributed by atoms with E-state index in [1.54, 1.807) is 19.5 Å². The zero-order valence-electron chi connectivity index (χ0n) is 12.4. The van der Waals surface area contributed by atoms with E-state index in [0.29, 0.717) is 19.8 Å². The molecule has 0 saturated heterocycles. The van der Waals surface area contributed by atoms with Gasteiger partial charge in [-0.3, -0.25) is 4.98 Å². The Morgan fingerprint density at radius 1 is 1.50 bits per heavy atom. The number of hydrogen-bond donors (Lipinski definition) is 2. The van der Waals surface area contributed by atoms with Crippen molar-refractivity contribution in [1.82, 2.24) is 15.6 Å². The quantitative estimate of drug-likeness (QED) is 0.423. The van der Waals surface area contributed by atoms with Crippen LogP contribution in [0.4, 0.5) is 0 Å². The van der Waals surface area contributed by atoms with Crippen molar-refractivity contribution in [2.45, 2.75) is 19.9 Å². The van der Waals surface area contributed by atoms with Gasteiger partial charge in [-0.2, -0.15) is 0 Å². The first-order chi connectivity index (χ1) is 9.76. The Morgan fingerprint density at radius 3 is 3.00 bits per heavy atom. The molecule has 1 rings (SSSR count). The summed E-state index contributed by atoms with van der Waals surface area (Å²) in [5.41, 5.74) is 0. The summed E-state index contributed by atoms with van der Waals surface area (Å²) in [6, 6.07) is 3.93. The molecule has 1 heterocycles. The van der Waals surface area contributed by atoms with Crippen LogP contribution in [-0.4, -0.2) is 50.4 Å². The molecule has 1 atom stereocenters. The second-order valence-electron chi connectivity index (χ2n) is 4.30. The Bertz CT molecular complexity index is 384. The van der Waals surface area contributed by atoms with Crippen LogP contribution >= 0.6 is 0 Å². The maximum Gasteiger partial charge on any atom is 0.191 e. The fourth-order valence-electron chi connectivity index (χ4n) is 1.60. The molecule has 1 unspecified atom stereocenters. The number of ether oxygens (including phenoxy) is 2. The third-order valence-corrected chi connectivity index (χ3v) is 2.41. The van der Waals surface area contributed by atoms with Gasteiger partial charge < -0.3 is 20.1 Å². The summed E-state index contributed by atoms with van der Waals surface area (Å²) >= 11 is 0. The number of guanidine groups is 1. The van der Waals surface area contributed by atoms with Gasteiger partial charge in [0, 0.05) is 25.9 Å². The van der Waals surface area contributed by atoms with Crippen molar-refractivity contribution in [3.63, 3.8) is 0 Å². The molecule has 2 N–H and O–H groups in total. The number of aromatic nitrogens is 1. The highest BCUT2D eigenvalue weighted by Gasteiger charge is 2.03. The highest BCUT2D eigenvalue weighted by molar-refractivity contribution is 5.80. The molecule has 6 heteroatoms. The van der Waals surface area contributed by atoms with Gasteiger partial charge in [0.05, 0.1) is 19.3 Å². The minimum atomic E-state index is 0.206. The van der Waals surface area contributed by atoms with Crippen LogP contribution in [0.2, 0.25) is 0 Å². The first-order valence-corrected chi connectivity index (χ1v) is 6.82. The fourth-order valence-corrected chi connectivity index (χ4v) is 1.60. The normalized spacial score (nSPS) is 12.8. The largest absolute Gasteiger partial charge is 0.490 e. The van der Waals surface area contributed by atoms with E-state index < -0.39 is 0 Å². The Morgan fingerprint density at radius 2 is 2.35 bits per heavy atom. The Hall–Kier alpha value is -1.82. The van der Waals surface area contributed by atoms with Gasteiger partial charge in [-0.1, -0.05) is 0 Å². The molecule has 0 spiro atoms. The van der Waals surface area contributed by atoms with E-state index in [2.05, 4.69) is 20.6 Å². The zero-order chi connectivity index (χ0) is 14.6. The number of rotatable bonds is 8. The van der Waals surface area contributed by atoms with Crippen LogP contribution in [0.5, 0.6) is 5.75 Å². The lowest BCUT2D eigenvalue weighted by Gasteiger charge is -2.17. The van der Waals surface area contributed by atoms with Crippen LogP contribution < -0.4 is 15.4 Å². The van der Waals surface area contributed by atoms with Crippen molar-refractivity contribution >= 4 is 5.96 Å². The maximum absolute atomic E-state index is 5.54. The first kappa shape index (κ1) is 16.2. The van der Waals surface area contributed by atoms with E-state index in [1.165, 1.54) is 0 Å².